The summed E-state index contributed by atoms with van der Waals surface area (Å²) in [6, 6.07) is 3.18. The number of aromatic nitrogens is 5. The predicted molar refractivity (Wildman–Crippen MR) is 137 cm³/mol. The van der Waals surface area contributed by atoms with E-state index in [2.05, 4.69) is 19.9 Å². The molecule has 11 heteroatoms. The number of aryl methyl sites for hydroxylation is 2. The summed E-state index contributed by atoms with van der Waals surface area (Å²) in [7, 11) is 0. The number of hydrogen-bond acceptors (Lipinski definition) is 7. The van der Waals surface area contributed by atoms with E-state index in [4.69, 9.17) is 4.74 Å². The van der Waals surface area contributed by atoms with Crippen LogP contribution in [0.2, 0.25) is 0 Å². The van der Waals surface area contributed by atoms with Gasteiger partial charge in [-0.15, -0.1) is 0 Å². The van der Waals surface area contributed by atoms with Crippen LogP contribution in [0.1, 0.15) is 39.0 Å². The van der Waals surface area contributed by atoms with E-state index in [0.717, 1.165) is 11.3 Å². The molecule has 0 spiro atoms. The maximum atomic E-state index is 14.6. The second kappa shape index (κ2) is 8.82. The Hall–Kier alpha value is -4.02. The maximum Gasteiger partial charge on any atom is 0.410 e. The fourth-order valence-electron chi connectivity index (χ4n) is 4.65. The Morgan fingerprint density at radius 3 is 2.51 bits per heavy atom. The predicted octanol–water partition coefficient (Wildman–Crippen LogP) is 3.61. The number of carbonyl (C=O) groups excluding carboxylic acids is 1. The van der Waals surface area contributed by atoms with E-state index in [1.165, 1.54) is 10.5 Å². The molecular formula is C26H30FN7O3. The maximum absolute atomic E-state index is 14.6. The van der Waals surface area contributed by atoms with E-state index in [1.54, 1.807) is 34.8 Å². The average molecular weight is 508 g/mol. The Labute approximate surface area is 213 Å². The fraction of sp³-hybridized carbons (Fsp3) is 0.423. The smallest absolute Gasteiger partial charge is 0.410 e. The van der Waals surface area contributed by atoms with Crippen molar-refractivity contribution in [3.8, 4) is 11.4 Å². The van der Waals surface area contributed by atoms with Gasteiger partial charge in [0.25, 0.3) is 0 Å². The fourth-order valence-corrected chi connectivity index (χ4v) is 4.65. The van der Waals surface area contributed by atoms with E-state index in [1.807, 2.05) is 40.7 Å². The van der Waals surface area contributed by atoms with Gasteiger partial charge in [0.1, 0.15) is 11.2 Å². The summed E-state index contributed by atoms with van der Waals surface area (Å²) in [5, 5.41) is 0. The van der Waals surface area contributed by atoms with Crippen molar-refractivity contribution in [2.24, 2.45) is 0 Å². The van der Waals surface area contributed by atoms with Gasteiger partial charge >= 0.3 is 11.8 Å². The van der Waals surface area contributed by atoms with Gasteiger partial charge in [0, 0.05) is 49.8 Å². The first-order chi connectivity index (χ1) is 17.4. The molecule has 37 heavy (non-hydrogen) atoms. The zero-order chi connectivity index (χ0) is 26.6. The first kappa shape index (κ1) is 24.7. The molecule has 0 aromatic carbocycles. The lowest BCUT2D eigenvalue weighted by molar-refractivity contribution is 0.0159. The molecule has 1 saturated heterocycles. The lowest BCUT2D eigenvalue weighted by atomic mass is 10.1. The van der Waals surface area contributed by atoms with Crippen molar-refractivity contribution in [3.05, 3.63) is 58.3 Å². The van der Waals surface area contributed by atoms with E-state index in [9.17, 15) is 14.0 Å². The second-order valence-electron chi connectivity index (χ2n) is 10.6. The minimum absolute atomic E-state index is 0.0772. The van der Waals surface area contributed by atoms with Crippen LogP contribution in [-0.2, 0) is 4.74 Å². The zero-order valence-electron chi connectivity index (χ0n) is 21.8. The third kappa shape index (κ3) is 4.73. The van der Waals surface area contributed by atoms with Crippen LogP contribution in [-0.4, -0.2) is 66.0 Å². The number of rotatable bonds is 2. The van der Waals surface area contributed by atoms with Crippen LogP contribution in [0.5, 0.6) is 0 Å². The van der Waals surface area contributed by atoms with Crippen molar-refractivity contribution in [1.29, 1.82) is 0 Å². The third-order valence-electron chi connectivity index (χ3n) is 6.33. The molecule has 1 amide bonds. The highest BCUT2D eigenvalue weighted by Crippen LogP contribution is 2.25. The van der Waals surface area contributed by atoms with Crippen LogP contribution >= 0.6 is 0 Å². The number of halogens is 1. The van der Waals surface area contributed by atoms with Gasteiger partial charge in [0.15, 0.2) is 17.3 Å². The van der Waals surface area contributed by atoms with Crippen LogP contribution in [0.25, 0.3) is 22.7 Å². The van der Waals surface area contributed by atoms with Crippen LogP contribution in [0.15, 0.2) is 35.5 Å². The topological polar surface area (TPSA) is 97.3 Å². The molecule has 0 unspecified atom stereocenters. The molecule has 0 N–H and O–H groups in total. The van der Waals surface area contributed by atoms with Crippen LogP contribution < -0.4 is 10.6 Å². The number of anilines is 1. The highest BCUT2D eigenvalue weighted by molar-refractivity contribution is 5.69. The van der Waals surface area contributed by atoms with Crippen molar-refractivity contribution in [2.45, 2.75) is 53.2 Å². The van der Waals surface area contributed by atoms with E-state index in [-0.39, 0.29) is 23.6 Å². The number of ether oxygens (including phenoxy) is 1. The molecule has 0 aliphatic carbocycles. The number of piperazine rings is 1. The summed E-state index contributed by atoms with van der Waals surface area (Å²) < 4.78 is 23.1. The molecule has 4 aromatic rings. The number of imidazole rings is 1. The lowest BCUT2D eigenvalue weighted by Crippen LogP contribution is -2.55. The normalized spacial score (nSPS) is 16.6. The Kier molecular flexibility index (Phi) is 5.88. The third-order valence-corrected chi connectivity index (χ3v) is 6.33. The Morgan fingerprint density at radius 1 is 1.05 bits per heavy atom. The van der Waals surface area contributed by atoms with E-state index >= 15 is 0 Å². The van der Waals surface area contributed by atoms with Crippen molar-refractivity contribution in [3.63, 3.8) is 0 Å². The molecule has 0 bridgehead atoms. The van der Waals surface area contributed by atoms with Gasteiger partial charge in [-0.2, -0.15) is 4.98 Å². The molecule has 1 fully saturated rings. The lowest BCUT2D eigenvalue weighted by Gasteiger charge is -2.41. The number of nitrogens with zero attached hydrogens (tertiary/aromatic N) is 7. The van der Waals surface area contributed by atoms with Crippen molar-refractivity contribution >= 4 is 23.1 Å². The van der Waals surface area contributed by atoms with Gasteiger partial charge < -0.3 is 18.9 Å². The van der Waals surface area contributed by atoms with Crippen molar-refractivity contribution < 1.29 is 13.9 Å². The van der Waals surface area contributed by atoms with Crippen LogP contribution in [0.3, 0.4) is 0 Å². The second-order valence-corrected chi connectivity index (χ2v) is 10.6. The zero-order valence-corrected chi connectivity index (χ0v) is 21.8. The highest BCUT2D eigenvalue weighted by Gasteiger charge is 2.31. The van der Waals surface area contributed by atoms with Gasteiger partial charge in [-0.1, -0.05) is 0 Å². The molecule has 4 aromatic heterocycles. The number of amides is 1. The number of pyridine rings is 2. The van der Waals surface area contributed by atoms with Crippen LogP contribution in [0, 0.1) is 19.7 Å². The molecular weight excluding hydrogens is 477 g/mol. The molecule has 0 saturated carbocycles. The number of hydrogen-bond donors (Lipinski definition) is 0. The Balaban J connectivity index is 1.45. The molecule has 194 valence electrons. The highest BCUT2D eigenvalue weighted by atomic mass is 19.1. The number of carbonyl (C=O) groups is 1. The van der Waals surface area contributed by atoms with E-state index < -0.39 is 17.1 Å². The van der Waals surface area contributed by atoms with Gasteiger partial charge in [-0.25, -0.2) is 28.3 Å². The van der Waals surface area contributed by atoms with Gasteiger partial charge in [0.2, 0.25) is 0 Å². The molecule has 1 atom stereocenters. The minimum Gasteiger partial charge on any atom is -0.444 e. The van der Waals surface area contributed by atoms with Crippen molar-refractivity contribution in [2.75, 3.05) is 24.5 Å². The monoisotopic (exact) mass is 507 g/mol. The first-order valence-corrected chi connectivity index (χ1v) is 12.2. The van der Waals surface area contributed by atoms with Crippen LogP contribution in [0.4, 0.5) is 14.9 Å². The largest absolute Gasteiger partial charge is 0.444 e. The molecule has 1 aliphatic heterocycles. The summed E-state index contributed by atoms with van der Waals surface area (Å²) in [5.41, 5.74) is 2.27. The summed E-state index contributed by atoms with van der Waals surface area (Å²) >= 11 is 0. The van der Waals surface area contributed by atoms with Gasteiger partial charge in [-0.3, -0.25) is 0 Å². The van der Waals surface area contributed by atoms with E-state index in [0.29, 0.717) is 36.5 Å². The number of fused-ring (bicyclic) bond motifs is 2. The summed E-state index contributed by atoms with van der Waals surface area (Å²) in [5.74, 6) is -0.367. The first-order valence-electron chi connectivity index (χ1n) is 12.2. The van der Waals surface area contributed by atoms with Crippen molar-refractivity contribution in [1.82, 2.24) is 28.7 Å². The molecule has 1 aliphatic rings. The van der Waals surface area contributed by atoms with Gasteiger partial charge in [0.05, 0.1) is 11.4 Å². The Bertz CT molecular complexity index is 1590. The molecule has 10 nitrogen and oxygen atoms in total. The summed E-state index contributed by atoms with van der Waals surface area (Å²) in [6.45, 7) is 12.9. The molecule has 5 heterocycles. The molecule has 0 radical (unpaired) electrons. The summed E-state index contributed by atoms with van der Waals surface area (Å²) in [6.07, 6.45) is 4.76. The quantitative estimate of drug-likeness (QED) is 0.409. The average Bonchev–Trinajstić information content (AvgIpc) is 3.19. The standard InChI is InChI=1S/C26H30FN7O3/c1-15-9-19(31-7-8-33(17(3)12-31)25(36)37-26(4,5)6)14-34-22(15)29-21(30-24(34)35)18-10-20(27)23-28-16(2)11-32(23)13-18/h9-11,13-14,17H,7-8,12H2,1-6H3/t17-/m0/s1. The van der Waals surface area contributed by atoms with Gasteiger partial charge in [-0.05, 0) is 59.2 Å². The molecule has 5 rings (SSSR count). The SMILES string of the molecule is Cc1cn2cc(-c3nc(=O)n4cc(N5CCN(C(=O)OC(C)(C)C)[C@@H](C)C5)cc(C)c4n3)cc(F)c2n1. The minimum atomic E-state index is -0.557. The Morgan fingerprint density at radius 2 is 1.81 bits per heavy atom. The summed E-state index contributed by atoms with van der Waals surface area (Å²) in [4.78, 5) is 42.4.